The number of hydrogen-bond acceptors (Lipinski definition) is 3. The second-order valence-corrected chi connectivity index (χ2v) is 5.95. The molecule has 0 radical (unpaired) electrons. The maximum Gasteiger partial charge on any atom is 0.326 e. The number of anilines is 1. The number of carboxylic acids is 1. The Balaban J connectivity index is 1.69. The molecule has 1 unspecified atom stereocenters. The van der Waals surface area contributed by atoms with Crippen LogP contribution in [-0.2, 0) is 4.79 Å². The Labute approximate surface area is 133 Å². The van der Waals surface area contributed by atoms with Crippen LogP contribution < -0.4 is 10.6 Å². The number of nitrogens with zero attached hydrogens (tertiary/aromatic N) is 1. The molecule has 7 nitrogen and oxygen atoms in total. The number of rotatable bonds is 4. The van der Waals surface area contributed by atoms with Crippen molar-refractivity contribution in [3.8, 4) is 0 Å². The quantitative estimate of drug-likeness (QED) is 0.786. The molecule has 1 saturated heterocycles. The van der Waals surface area contributed by atoms with E-state index in [0.29, 0.717) is 30.6 Å². The van der Waals surface area contributed by atoms with E-state index < -0.39 is 12.0 Å². The number of carboxylic acid groups (broad SMARTS) is 1. The lowest BCUT2D eigenvalue weighted by Gasteiger charge is -2.21. The minimum Gasteiger partial charge on any atom is -0.480 e. The van der Waals surface area contributed by atoms with E-state index in [0.717, 1.165) is 12.8 Å². The Kier molecular flexibility index (Phi) is 4.18. The van der Waals surface area contributed by atoms with Crippen LogP contribution >= 0.6 is 0 Å². The Morgan fingerprint density at radius 1 is 1.17 bits per heavy atom. The van der Waals surface area contributed by atoms with Crippen molar-refractivity contribution in [2.24, 2.45) is 0 Å². The molecule has 3 amide bonds. The summed E-state index contributed by atoms with van der Waals surface area (Å²) in [6.45, 7) is 0.440. The predicted octanol–water partition coefficient (Wildman–Crippen LogP) is 1.66. The van der Waals surface area contributed by atoms with E-state index >= 15 is 0 Å². The van der Waals surface area contributed by atoms with Gasteiger partial charge in [0.15, 0.2) is 0 Å². The summed E-state index contributed by atoms with van der Waals surface area (Å²) in [6, 6.07) is 5.77. The van der Waals surface area contributed by atoms with Gasteiger partial charge in [-0.3, -0.25) is 4.79 Å². The Hall–Kier alpha value is -2.57. The number of amides is 3. The maximum atomic E-state index is 12.5. The zero-order valence-corrected chi connectivity index (χ0v) is 12.6. The van der Waals surface area contributed by atoms with Gasteiger partial charge in [0.05, 0.1) is 0 Å². The molecule has 1 aromatic carbocycles. The van der Waals surface area contributed by atoms with Crippen molar-refractivity contribution in [2.75, 3.05) is 11.9 Å². The summed E-state index contributed by atoms with van der Waals surface area (Å²) in [7, 11) is 0. The van der Waals surface area contributed by atoms with Gasteiger partial charge in [0, 0.05) is 23.8 Å². The standard InChI is InChI=1S/C16H19N3O4/c20-14(19-8-2-5-13(19)15(21)22)10-3-1-4-12(9-10)18-16(23)17-11-6-7-11/h1,3-4,9,11,13H,2,5-8H2,(H,21,22)(H2,17,18,23). The molecule has 1 atom stereocenters. The third-order valence-corrected chi connectivity index (χ3v) is 4.08. The van der Waals surface area contributed by atoms with Gasteiger partial charge in [-0.15, -0.1) is 0 Å². The fourth-order valence-electron chi connectivity index (χ4n) is 2.74. The first kappa shape index (κ1) is 15.3. The molecular formula is C16H19N3O4. The first-order valence-electron chi connectivity index (χ1n) is 7.76. The van der Waals surface area contributed by atoms with E-state index in [1.165, 1.54) is 4.90 Å². The molecule has 0 spiro atoms. The molecule has 122 valence electrons. The number of hydrogen-bond donors (Lipinski definition) is 3. The molecule has 1 saturated carbocycles. The number of carbonyl (C=O) groups excluding carboxylic acids is 2. The number of carbonyl (C=O) groups is 3. The van der Waals surface area contributed by atoms with Gasteiger partial charge in [0.2, 0.25) is 0 Å². The molecule has 2 aliphatic rings. The van der Waals surface area contributed by atoms with Gasteiger partial charge in [-0.1, -0.05) is 6.07 Å². The molecule has 7 heteroatoms. The lowest BCUT2D eigenvalue weighted by atomic mass is 10.1. The van der Waals surface area contributed by atoms with Gasteiger partial charge in [-0.25, -0.2) is 9.59 Å². The van der Waals surface area contributed by atoms with Crippen LogP contribution in [0.2, 0.25) is 0 Å². The molecule has 1 aliphatic heterocycles. The third-order valence-electron chi connectivity index (χ3n) is 4.08. The van der Waals surface area contributed by atoms with E-state index in [1.807, 2.05) is 0 Å². The molecule has 23 heavy (non-hydrogen) atoms. The lowest BCUT2D eigenvalue weighted by Crippen LogP contribution is -2.40. The zero-order valence-electron chi connectivity index (χ0n) is 12.6. The number of aliphatic carboxylic acids is 1. The molecule has 1 aromatic rings. The summed E-state index contributed by atoms with van der Waals surface area (Å²) in [6.07, 6.45) is 3.15. The van der Waals surface area contributed by atoms with E-state index in [-0.39, 0.29) is 18.0 Å². The summed E-state index contributed by atoms with van der Waals surface area (Å²) in [5, 5.41) is 14.7. The third kappa shape index (κ3) is 3.61. The summed E-state index contributed by atoms with van der Waals surface area (Å²) < 4.78 is 0. The minimum absolute atomic E-state index is 0.251. The topological polar surface area (TPSA) is 98.7 Å². The molecule has 0 aromatic heterocycles. The highest BCUT2D eigenvalue weighted by molar-refractivity contribution is 5.99. The second kappa shape index (κ2) is 6.28. The predicted molar refractivity (Wildman–Crippen MR) is 83.3 cm³/mol. The van der Waals surface area contributed by atoms with Crippen molar-refractivity contribution in [2.45, 2.75) is 37.8 Å². The first-order valence-corrected chi connectivity index (χ1v) is 7.76. The summed E-state index contributed by atoms with van der Waals surface area (Å²) in [4.78, 5) is 36.9. The van der Waals surface area contributed by atoms with Crippen LogP contribution in [0.15, 0.2) is 24.3 Å². The number of benzene rings is 1. The SMILES string of the molecule is O=C(Nc1cccc(C(=O)N2CCCC2C(=O)O)c1)NC1CC1. The van der Waals surface area contributed by atoms with E-state index in [2.05, 4.69) is 10.6 Å². The molecule has 1 aliphatic carbocycles. The van der Waals surface area contributed by atoms with E-state index in [1.54, 1.807) is 24.3 Å². The fraction of sp³-hybridized carbons (Fsp3) is 0.438. The van der Waals surface area contributed by atoms with Crippen LogP contribution in [-0.4, -0.2) is 46.5 Å². The van der Waals surface area contributed by atoms with Crippen molar-refractivity contribution in [1.82, 2.24) is 10.2 Å². The Bertz CT molecular complexity index is 642. The summed E-state index contributed by atoms with van der Waals surface area (Å²) in [5.41, 5.74) is 0.891. The molecular weight excluding hydrogens is 298 g/mol. The van der Waals surface area contributed by atoms with Crippen LogP contribution in [0.25, 0.3) is 0 Å². The number of nitrogens with one attached hydrogen (secondary N) is 2. The van der Waals surface area contributed by atoms with Crippen LogP contribution in [0, 0.1) is 0 Å². The fourth-order valence-corrected chi connectivity index (χ4v) is 2.74. The van der Waals surface area contributed by atoms with Crippen molar-refractivity contribution in [1.29, 1.82) is 0 Å². The van der Waals surface area contributed by atoms with Gasteiger partial charge in [-0.05, 0) is 43.9 Å². The van der Waals surface area contributed by atoms with Crippen LogP contribution in [0.3, 0.4) is 0 Å². The molecule has 2 fully saturated rings. The summed E-state index contributed by atoms with van der Waals surface area (Å²) >= 11 is 0. The van der Waals surface area contributed by atoms with Crippen molar-refractivity contribution >= 4 is 23.6 Å². The lowest BCUT2D eigenvalue weighted by molar-refractivity contribution is -0.141. The second-order valence-electron chi connectivity index (χ2n) is 5.95. The first-order chi connectivity index (χ1) is 11.0. The number of likely N-dealkylation sites (tertiary alicyclic amines) is 1. The highest BCUT2D eigenvalue weighted by atomic mass is 16.4. The van der Waals surface area contributed by atoms with Crippen LogP contribution in [0.5, 0.6) is 0 Å². The highest BCUT2D eigenvalue weighted by Gasteiger charge is 2.34. The van der Waals surface area contributed by atoms with Gasteiger partial charge in [-0.2, -0.15) is 0 Å². The van der Waals surface area contributed by atoms with Crippen LogP contribution in [0.4, 0.5) is 10.5 Å². The molecule has 3 rings (SSSR count). The van der Waals surface area contributed by atoms with E-state index in [4.69, 9.17) is 0 Å². The average Bonchev–Trinajstić information content (AvgIpc) is 3.17. The minimum atomic E-state index is -0.978. The monoisotopic (exact) mass is 317 g/mol. The van der Waals surface area contributed by atoms with Crippen molar-refractivity contribution in [3.63, 3.8) is 0 Å². The van der Waals surface area contributed by atoms with Gasteiger partial charge >= 0.3 is 12.0 Å². The largest absolute Gasteiger partial charge is 0.480 e. The van der Waals surface area contributed by atoms with Crippen molar-refractivity contribution < 1.29 is 19.5 Å². The Morgan fingerprint density at radius 2 is 1.96 bits per heavy atom. The van der Waals surface area contributed by atoms with Gasteiger partial charge < -0.3 is 20.6 Å². The maximum absolute atomic E-state index is 12.5. The van der Waals surface area contributed by atoms with Crippen LogP contribution in [0.1, 0.15) is 36.0 Å². The summed E-state index contributed by atoms with van der Waals surface area (Å²) in [5.74, 6) is -1.30. The smallest absolute Gasteiger partial charge is 0.326 e. The van der Waals surface area contributed by atoms with Crippen molar-refractivity contribution in [3.05, 3.63) is 29.8 Å². The zero-order chi connectivity index (χ0) is 16.4. The van der Waals surface area contributed by atoms with Gasteiger partial charge in [0.1, 0.15) is 6.04 Å². The average molecular weight is 317 g/mol. The highest BCUT2D eigenvalue weighted by Crippen LogP contribution is 2.22. The Morgan fingerprint density at radius 3 is 2.65 bits per heavy atom. The van der Waals surface area contributed by atoms with E-state index in [9.17, 15) is 19.5 Å². The number of urea groups is 1. The normalized spacial score (nSPS) is 20.2. The molecule has 0 bridgehead atoms. The molecule has 3 N–H and O–H groups in total. The molecule has 1 heterocycles. The van der Waals surface area contributed by atoms with Gasteiger partial charge in [0.25, 0.3) is 5.91 Å².